The Morgan fingerprint density at radius 3 is 2.15 bits per heavy atom. The van der Waals surface area contributed by atoms with Crippen LogP contribution >= 0.6 is 0 Å². The first-order valence-corrected chi connectivity index (χ1v) is 9.88. The van der Waals surface area contributed by atoms with E-state index in [9.17, 15) is 12.8 Å². The molecule has 3 aromatic rings. The molecule has 0 saturated carbocycles. The van der Waals surface area contributed by atoms with Gasteiger partial charge >= 0.3 is 0 Å². The quantitative estimate of drug-likeness (QED) is 0.733. The summed E-state index contributed by atoms with van der Waals surface area (Å²) in [6.45, 7) is 1.86. The smallest absolute Gasteiger partial charge is 0.175 e. The molecule has 0 fully saturated rings. The third-order valence-corrected chi connectivity index (χ3v) is 5.28. The minimum Gasteiger partial charge on any atom is -0.374 e. The normalized spacial score (nSPS) is 12.9. The molecule has 1 atom stereocenters. The van der Waals surface area contributed by atoms with Crippen molar-refractivity contribution in [3.05, 3.63) is 60.2 Å². The highest BCUT2D eigenvalue weighted by atomic mass is 32.2. The van der Waals surface area contributed by atoms with Gasteiger partial charge in [0.25, 0.3) is 0 Å². The molecule has 1 N–H and O–H groups in total. The SMILES string of the molecule is COC(C)c1nc(-c2ccc(S(C)(=O)=O)cc2)c(-c2ccc(F)cc2)[nH]1. The number of hydrogen-bond acceptors (Lipinski definition) is 4. The second kappa shape index (κ2) is 7.01. The number of sulfone groups is 1. The van der Waals surface area contributed by atoms with Crippen LogP contribution in [0.25, 0.3) is 22.5 Å². The van der Waals surface area contributed by atoms with Crippen LogP contribution in [0.3, 0.4) is 0 Å². The summed E-state index contributed by atoms with van der Waals surface area (Å²) >= 11 is 0. The van der Waals surface area contributed by atoms with Gasteiger partial charge in [-0.05, 0) is 43.3 Å². The van der Waals surface area contributed by atoms with Gasteiger partial charge in [0, 0.05) is 24.5 Å². The maximum atomic E-state index is 13.3. The number of hydrogen-bond donors (Lipinski definition) is 1. The highest BCUT2D eigenvalue weighted by Gasteiger charge is 2.18. The van der Waals surface area contributed by atoms with Crippen molar-refractivity contribution in [1.29, 1.82) is 0 Å². The number of rotatable bonds is 5. The van der Waals surface area contributed by atoms with E-state index < -0.39 is 9.84 Å². The van der Waals surface area contributed by atoms with Crippen LogP contribution in [0.2, 0.25) is 0 Å². The zero-order valence-electron chi connectivity index (χ0n) is 14.7. The molecule has 2 aromatic carbocycles. The van der Waals surface area contributed by atoms with E-state index in [0.29, 0.717) is 11.5 Å². The Morgan fingerprint density at radius 1 is 1.04 bits per heavy atom. The molecule has 0 aliphatic carbocycles. The van der Waals surface area contributed by atoms with E-state index >= 15 is 0 Å². The number of nitrogens with zero attached hydrogens (tertiary/aromatic N) is 1. The molecule has 1 unspecified atom stereocenters. The monoisotopic (exact) mass is 374 g/mol. The molecule has 5 nitrogen and oxygen atoms in total. The fourth-order valence-electron chi connectivity index (χ4n) is 2.59. The number of imidazole rings is 1. The first-order chi connectivity index (χ1) is 12.3. The summed E-state index contributed by atoms with van der Waals surface area (Å²) in [5.74, 6) is 0.312. The number of ether oxygens (including phenoxy) is 1. The summed E-state index contributed by atoms with van der Waals surface area (Å²) in [6, 6.07) is 12.6. The number of H-pyrrole nitrogens is 1. The molecule has 0 spiro atoms. The number of nitrogens with one attached hydrogen (secondary N) is 1. The molecule has 26 heavy (non-hydrogen) atoms. The fraction of sp³-hybridized carbons (Fsp3) is 0.211. The summed E-state index contributed by atoms with van der Waals surface area (Å²) in [5.41, 5.74) is 2.89. The minimum absolute atomic E-state index is 0.241. The topological polar surface area (TPSA) is 72.0 Å². The van der Waals surface area contributed by atoms with Gasteiger partial charge in [0.05, 0.1) is 16.3 Å². The van der Waals surface area contributed by atoms with Gasteiger partial charge in [-0.2, -0.15) is 0 Å². The van der Waals surface area contributed by atoms with Crippen LogP contribution in [0.15, 0.2) is 53.4 Å². The number of benzene rings is 2. The first kappa shape index (κ1) is 18.3. The highest BCUT2D eigenvalue weighted by Crippen LogP contribution is 2.32. The van der Waals surface area contributed by atoms with Crippen LogP contribution in [0.4, 0.5) is 4.39 Å². The van der Waals surface area contributed by atoms with Crippen molar-refractivity contribution in [1.82, 2.24) is 9.97 Å². The molecule has 0 aliphatic rings. The van der Waals surface area contributed by atoms with Crippen LogP contribution in [0.5, 0.6) is 0 Å². The van der Waals surface area contributed by atoms with Crippen molar-refractivity contribution in [2.45, 2.75) is 17.9 Å². The summed E-state index contributed by atoms with van der Waals surface area (Å²) in [6.07, 6.45) is 0.914. The molecule has 1 aromatic heterocycles. The summed E-state index contributed by atoms with van der Waals surface area (Å²) in [5, 5.41) is 0. The van der Waals surface area contributed by atoms with Crippen molar-refractivity contribution >= 4 is 9.84 Å². The Morgan fingerprint density at radius 2 is 1.62 bits per heavy atom. The molecule has 3 rings (SSSR count). The number of aromatic amines is 1. The molecule has 0 radical (unpaired) electrons. The number of aromatic nitrogens is 2. The predicted octanol–water partition coefficient (Wildman–Crippen LogP) is 3.99. The van der Waals surface area contributed by atoms with Gasteiger partial charge in [0.2, 0.25) is 0 Å². The Labute approximate surface area is 151 Å². The predicted molar refractivity (Wildman–Crippen MR) is 98.0 cm³/mol. The Hall–Kier alpha value is -2.51. The molecular weight excluding hydrogens is 355 g/mol. The molecule has 1 heterocycles. The van der Waals surface area contributed by atoms with E-state index in [4.69, 9.17) is 4.74 Å². The average Bonchev–Trinajstić information content (AvgIpc) is 3.06. The van der Waals surface area contributed by atoms with Crippen LogP contribution in [-0.2, 0) is 14.6 Å². The number of halogens is 1. The summed E-state index contributed by atoms with van der Waals surface area (Å²) in [4.78, 5) is 8.09. The molecule has 0 saturated heterocycles. The number of methoxy groups -OCH3 is 1. The zero-order chi connectivity index (χ0) is 18.9. The minimum atomic E-state index is -3.27. The van der Waals surface area contributed by atoms with Crippen molar-refractivity contribution in [2.75, 3.05) is 13.4 Å². The van der Waals surface area contributed by atoms with Crippen LogP contribution < -0.4 is 0 Å². The fourth-order valence-corrected chi connectivity index (χ4v) is 3.22. The largest absolute Gasteiger partial charge is 0.374 e. The Kier molecular flexibility index (Phi) is 4.93. The second-order valence-electron chi connectivity index (χ2n) is 6.03. The van der Waals surface area contributed by atoms with Crippen LogP contribution in [-0.4, -0.2) is 31.8 Å². The molecule has 7 heteroatoms. The van der Waals surface area contributed by atoms with E-state index in [1.54, 1.807) is 43.5 Å². The van der Waals surface area contributed by atoms with Crippen molar-refractivity contribution in [3.63, 3.8) is 0 Å². The van der Waals surface area contributed by atoms with Crippen molar-refractivity contribution in [3.8, 4) is 22.5 Å². The average molecular weight is 374 g/mol. The van der Waals surface area contributed by atoms with E-state index in [1.165, 1.54) is 18.4 Å². The van der Waals surface area contributed by atoms with Crippen molar-refractivity contribution in [2.24, 2.45) is 0 Å². The highest BCUT2D eigenvalue weighted by molar-refractivity contribution is 7.90. The maximum absolute atomic E-state index is 13.3. The Balaban J connectivity index is 2.13. The standard InChI is InChI=1S/C19H19FN2O3S/c1-12(25-2)19-21-17(13-4-8-15(20)9-5-13)18(22-19)14-6-10-16(11-7-14)26(3,23)24/h4-12H,1-3H3,(H,21,22). The lowest BCUT2D eigenvalue weighted by molar-refractivity contribution is 0.113. The van der Waals surface area contributed by atoms with Crippen LogP contribution in [0, 0.1) is 5.82 Å². The third kappa shape index (κ3) is 3.68. The summed E-state index contributed by atoms with van der Waals surface area (Å²) in [7, 11) is -1.68. The Bertz CT molecular complexity index is 1010. The second-order valence-corrected chi connectivity index (χ2v) is 8.04. The van der Waals surface area contributed by atoms with Gasteiger partial charge in [0.15, 0.2) is 9.84 Å². The molecule has 0 amide bonds. The first-order valence-electron chi connectivity index (χ1n) is 7.98. The lowest BCUT2D eigenvalue weighted by Crippen LogP contribution is -1.98. The molecule has 0 aliphatic heterocycles. The van der Waals surface area contributed by atoms with E-state index in [2.05, 4.69) is 9.97 Å². The zero-order valence-corrected chi connectivity index (χ0v) is 15.5. The lowest BCUT2D eigenvalue weighted by atomic mass is 10.1. The molecular formula is C19H19FN2O3S. The summed E-state index contributed by atoms with van der Waals surface area (Å²) < 4.78 is 41.9. The van der Waals surface area contributed by atoms with Gasteiger partial charge in [-0.3, -0.25) is 0 Å². The van der Waals surface area contributed by atoms with Crippen LogP contribution in [0.1, 0.15) is 18.9 Å². The van der Waals surface area contributed by atoms with E-state index in [0.717, 1.165) is 16.8 Å². The van der Waals surface area contributed by atoms with Gasteiger partial charge < -0.3 is 9.72 Å². The molecule has 136 valence electrons. The third-order valence-electron chi connectivity index (χ3n) is 4.15. The van der Waals surface area contributed by atoms with E-state index in [-0.39, 0.29) is 16.8 Å². The van der Waals surface area contributed by atoms with Crippen molar-refractivity contribution < 1.29 is 17.5 Å². The van der Waals surface area contributed by atoms with Gasteiger partial charge in [0.1, 0.15) is 17.7 Å². The molecule has 0 bridgehead atoms. The van der Waals surface area contributed by atoms with E-state index in [1.807, 2.05) is 6.92 Å². The van der Waals surface area contributed by atoms with Gasteiger partial charge in [-0.15, -0.1) is 0 Å². The van der Waals surface area contributed by atoms with Gasteiger partial charge in [-0.1, -0.05) is 12.1 Å². The maximum Gasteiger partial charge on any atom is 0.175 e. The van der Waals surface area contributed by atoms with Gasteiger partial charge in [-0.25, -0.2) is 17.8 Å². The lowest BCUT2D eigenvalue weighted by Gasteiger charge is -2.05.